The third-order valence-electron chi connectivity index (χ3n) is 4.15. The van der Waals surface area contributed by atoms with Crippen molar-refractivity contribution in [3.8, 4) is 0 Å². The van der Waals surface area contributed by atoms with Crippen LogP contribution in [0, 0.1) is 6.92 Å². The lowest BCUT2D eigenvalue weighted by molar-refractivity contribution is -0.131. The van der Waals surface area contributed by atoms with Crippen molar-refractivity contribution in [1.82, 2.24) is 15.1 Å². The lowest BCUT2D eigenvalue weighted by atomic mass is 10.1. The van der Waals surface area contributed by atoms with Crippen LogP contribution >= 0.6 is 22.9 Å². The van der Waals surface area contributed by atoms with Crippen LogP contribution in [0.3, 0.4) is 0 Å². The molecule has 0 aliphatic carbocycles. The zero-order chi connectivity index (χ0) is 17.8. The number of rotatable bonds is 5. The molecule has 0 bridgehead atoms. The Morgan fingerprint density at radius 2 is 1.76 bits per heavy atom. The van der Waals surface area contributed by atoms with Crippen molar-refractivity contribution < 1.29 is 9.59 Å². The summed E-state index contributed by atoms with van der Waals surface area (Å²) in [5.74, 6) is -0.0107. The van der Waals surface area contributed by atoms with Crippen molar-refractivity contribution >= 4 is 39.8 Å². The van der Waals surface area contributed by atoms with Gasteiger partial charge in [0, 0.05) is 49.6 Å². The van der Waals surface area contributed by atoms with Gasteiger partial charge < -0.3 is 9.80 Å². The highest BCUT2D eigenvalue weighted by Crippen LogP contribution is 2.21. The number of anilines is 1. The first-order valence-corrected chi connectivity index (χ1v) is 9.34. The first-order chi connectivity index (χ1) is 12.0. The molecule has 0 unspecified atom stereocenters. The van der Waals surface area contributed by atoms with E-state index in [2.05, 4.69) is 15.1 Å². The Balaban J connectivity index is 1.46. The molecule has 1 aromatic heterocycles. The molecule has 25 heavy (non-hydrogen) atoms. The SMILES string of the molecule is Cc1nnc(N2CCN(C(=O)CCC(=O)c3ccc(Cl)cc3)CC2)s1. The van der Waals surface area contributed by atoms with Crippen LogP contribution < -0.4 is 4.90 Å². The number of hydrogen-bond acceptors (Lipinski definition) is 6. The van der Waals surface area contributed by atoms with E-state index in [1.807, 2.05) is 11.8 Å². The molecule has 1 amide bonds. The zero-order valence-corrected chi connectivity index (χ0v) is 15.5. The average Bonchev–Trinajstić information content (AvgIpc) is 3.06. The molecule has 1 aliphatic heterocycles. The number of halogens is 1. The number of aryl methyl sites for hydroxylation is 1. The van der Waals surface area contributed by atoms with Crippen molar-refractivity contribution in [2.75, 3.05) is 31.1 Å². The number of carbonyl (C=O) groups excluding carboxylic acids is 2. The number of Topliss-reactive ketones (excluding diaryl/α,β-unsaturated/α-hetero) is 1. The lowest BCUT2D eigenvalue weighted by Gasteiger charge is -2.34. The highest BCUT2D eigenvalue weighted by atomic mass is 35.5. The summed E-state index contributed by atoms with van der Waals surface area (Å²) >= 11 is 7.38. The van der Waals surface area contributed by atoms with Crippen LogP contribution in [0.15, 0.2) is 24.3 Å². The molecular formula is C17H19ClN4O2S. The van der Waals surface area contributed by atoms with Crippen molar-refractivity contribution in [3.63, 3.8) is 0 Å². The number of amides is 1. The molecule has 0 saturated carbocycles. The predicted molar refractivity (Wildman–Crippen MR) is 98.5 cm³/mol. The summed E-state index contributed by atoms with van der Waals surface area (Å²) < 4.78 is 0. The van der Waals surface area contributed by atoms with Crippen LogP contribution in [0.2, 0.25) is 5.02 Å². The van der Waals surface area contributed by atoms with Gasteiger partial charge in [-0.1, -0.05) is 22.9 Å². The minimum absolute atomic E-state index is 0.0235. The van der Waals surface area contributed by atoms with E-state index in [1.54, 1.807) is 35.6 Å². The maximum Gasteiger partial charge on any atom is 0.223 e. The first-order valence-electron chi connectivity index (χ1n) is 8.14. The molecule has 1 fully saturated rings. The van der Waals surface area contributed by atoms with Crippen LogP contribution in [0.25, 0.3) is 0 Å². The molecule has 6 nitrogen and oxygen atoms in total. The molecule has 1 saturated heterocycles. The summed E-state index contributed by atoms with van der Waals surface area (Å²) in [5, 5.41) is 10.6. The van der Waals surface area contributed by atoms with Crippen molar-refractivity contribution in [2.24, 2.45) is 0 Å². The van der Waals surface area contributed by atoms with Crippen molar-refractivity contribution in [2.45, 2.75) is 19.8 Å². The van der Waals surface area contributed by atoms with Crippen LogP contribution in [-0.4, -0.2) is 53.0 Å². The molecule has 1 aromatic carbocycles. The monoisotopic (exact) mass is 378 g/mol. The van der Waals surface area contributed by atoms with Crippen LogP contribution in [0.1, 0.15) is 28.2 Å². The predicted octanol–water partition coefficient (Wildman–Crippen LogP) is 2.81. The van der Waals surface area contributed by atoms with E-state index < -0.39 is 0 Å². The Kier molecular flexibility index (Phi) is 5.65. The Labute approximate surface area is 155 Å². The quantitative estimate of drug-likeness (QED) is 0.748. The summed E-state index contributed by atoms with van der Waals surface area (Å²) in [7, 11) is 0. The minimum atomic E-state index is -0.0343. The summed E-state index contributed by atoms with van der Waals surface area (Å²) in [6.07, 6.45) is 0.454. The molecule has 0 radical (unpaired) electrons. The van der Waals surface area contributed by atoms with Gasteiger partial charge in [-0.3, -0.25) is 9.59 Å². The summed E-state index contributed by atoms with van der Waals surface area (Å²) in [6, 6.07) is 6.76. The Morgan fingerprint density at radius 3 is 2.36 bits per heavy atom. The third kappa shape index (κ3) is 4.55. The molecule has 2 heterocycles. The van der Waals surface area contributed by atoms with E-state index in [9.17, 15) is 9.59 Å². The number of carbonyl (C=O) groups is 2. The number of ketones is 1. The second-order valence-corrected chi connectivity index (χ2v) is 7.50. The third-order valence-corrected chi connectivity index (χ3v) is 5.30. The smallest absolute Gasteiger partial charge is 0.223 e. The molecule has 0 spiro atoms. The van der Waals surface area contributed by atoms with Crippen molar-refractivity contribution in [3.05, 3.63) is 39.9 Å². The molecule has 132 valence electrons. The highest BCUT2D eigenvalue weighted by molar-refractivity contribution is 7.15. The van der Waals surface area contributed by atoms with Crippen molar-refractivity contribution in [1.29, 1.82) is 0 Å². The van der Waals surface area contributed by atoms with Gasteiger partial charge in [-0.2, -0.15) is 0 Å². The van der Waals surface area contributed by atoms with Gasteiger partial charge in [0.05, 0.1) is 0 Å². The normalized spacial score (nSPS) is 14.6. The van der Waals surface area contributed by atoms with Gasteiger partial charge in [0.1, 0.15) is 5.01 Å². The second kappa shape index (κ2) is 7.93. The minimum Gasteiger partial charge on any atom is -0.343 e. The van der Waals surface area contributed by atoms with E-state index in [0.29, 0.717) is 23.7 Å². The summed E-state index contributed by atoms with van der Waals surface area (Å²) in [4.78, 5) is 28.5. The van der Waals surface area contributed by atoms with Gasteiger partial charge >= 0.3 is 0 Å². The number of piperazine rings is 1. The summed E-state index contributed by atoms with van der Waals surface area (Å²) in [5.41, 5.74) is 0.591. The highest BCUT2D eigenvalue weighted by Gasteiger charge is 2.23. The van der Waals surface area contributed by atoms with Gasteiger partial charge in [0.25, 0.3) is 0 Å². The molecule has 2 aromatic rings. The standard InChI is InChI=1S/C17H19ClN4O2S/c1-12-19-20-17(25-12)22-10-8-21(9-11-22)16(24)7-6-15(23)13-2-4-14(18)5-3-13/h2-5H,6-11H2,1H3. The summed E-state index contributed by atoms with van der Waals surface area (Å²) in [6.45, 7) is 4.70. The molecular weight excluding hydrogens is 360 g/mol. The van der Waals surface area contributed by atoms with Gasteiger partial charge in [0.2, 0.25) is 11.0 Å². The van der Waals surface area contributed by atoms with E-state index in [1.165, 1.54) is 0 Å². The topological polar surface area (TPSA) is 66.4 Å². The maximum atomic E-state index is 12.3. The lowest BCUT2D eigenvalue weighted by Crippen LogP contribution is -2.48. The Bertz CT molecular complexity index is 754. The average molecular weight is 379 g/mol. The van der Waals surface area contributed by atoms with Gasteiger partial charge in [0.15, 0.2) is 5.78 Å². The maximum absolute atomic E-state index is 12.3. The fourth-order valence-corrected chi connectivity index (χ4v) is 3.58. The molecule has 0 atom stereocenters. The number of aromatic nitrogens is 2. The first kappa shape index (κ1) is 17.8. The Morgan fingerprint density at radius 1 is 1.08 bits per heavy atom. The zero-order valence-electron chi connectivity index (χ0n) is 13.9. The fourth-order valence-electron chi connectivity index (χ4n) is 2.72. The van der Waals surface area contributed by atoms with Gasteiger partial charge in [-0.15, -0.1) is 10.2 Å². The largest absolute Gasteiger partial charge is 0.343 e. The Hall–Kier alpha value is -1.99. The van der Waals surface area contributed by atoms with Crippen LogP contribution in [0.4, 0.5) is 5.13 Å². The molecule has 1 aliphatic rings. The van der Waals surface area contributed by atoms with E-state index >= 15 is 0 Å². The number of nitrogens with zero attached hydrogens (tertiary/aromatic N) is 4. The van der Waals surface area contributed by atoms with Crippen LogP contribution in [0.5, 0.6) is 0 Å². The number of benzene rings is 1. The number of hydrogen-bond donors (Lipinski definition) is 0. The van der Waals surface area contributed by atoms with E-state index in [-0.39, 0.29) is 24.5 Å². The van der Waals surface area contributed by atoms with E-state index in [4.69, 9.17) is 11.6 Å². The fraction of sp³-hybridized carbons (Fsp3) is 0.412. The molecule has 0 N–H and O–H groups in total. The molecule has 3 rings (SSSR count). The van der Waals surface area contributed by atoms with Gasteiger partial charge in [-0.25, -0.2) is 0 Å². The van der Waals surface area contributed by atoms with E-state index in [0.717, 1.165) is 23.2 Å². The second-order valence-electron chi connectivity index (χ2n) is 5.90. The molecule has 8 heteroatoms. The van der Waals surface area contributed by atoms with Gasteiger partial charge in [-0.05, 0) is 31.2 Å². The van der Waals surface area contributed by atoms with Crippen LogP contribution in [-0.2, 0) is 4.79 Å².